The molecule has 0 aliphatic carbocycles. The number of nitrogens with zero attached hydrogens (tertiary/aromatic N) is 1. The molecule has 1 aliphatic heterocycles. The number of benzene rings is 2. The zero-order chi connectivity index (χ0) is 24.0. The van der Waals surface area contributed by atoms with Gasteiger partial charge in [0.1, 0.15) is 5.75 Å². The fraction of sp³-hybridized carbons (Fsp3) is 0.286. The van der Waals surface area contributed by atoms with Gasteiger partial charge in [0.2, 0.25) is 10.0 Å². The van der Waals surface area contributed by atoms with Crippen LogP contribution in [0.2, 0.25) is 0 Å². The van der Waals surface area contributed by atoms with E-state index >= 15 is 0 Å². The van der Waals surface area contributed by atoms with Crippen LogP contribution in [0.5, 0.6) is 5.75 Å². The van der Waals surface area contributed by atoms with Gasteiger partial charge in [-0.15, -0.1) is 11.3 Å². The van der Waals surface area contributed by atoms with Crippen molar-refractivity contribution >= 4 is 37.4 Å². The number of carbonyl (C=O) groups excluding carboxylic acids is 1. The quantitative estimate of drug-likeness (QED) is 0.575. The van der Waals surface area contributed by atoms with E-state index in [4.69, 9.17) is 15.2 Å². The van der Waals surface area contributed by atoms with Crippen LogP contribution in [0.25, 0.3) is 10.1 Å². The second-order valence-corrected chi connectivity index (χ2v) is 10.3. The second kappa shape index (κ2) is 8.60. The zero-order valence-corrected chi connectivity index (χ0v) is 18.9. The highest BCUT2D eigenvalue weighted by molar-refractivity contribution is 7.89. The third-order valence-corrected chi connectivity index (χ3v) is 8.39. The number of ether oxygens (including phenoxy) is 2. The number of morpholine rings is 1. The van der Waals surface area contributed by atoms with Crippen LogP contribution >= 0.6 is 11.3 Å². The smallest absolute Gasteiger partial charge is 0.420 e. The lowest BCUT2D eigenvalue weighted by molar-refractivity contribution is -0.138. The van der Waals surface area contributed by atoms with E-state index in [1.54, 1.807) is 18.2 Å². The van der Waals surface area contributed by atoms with Crippen molar-refractivity contribution < 1.29 is 35.9 Å². The molecule has 2 heterocycles. The molecule has 0 bridgehead atoms. The summed E-state index contributed by atoms with van der Waals surface area (Å²) in [5, 5.41) is 0.712. The van der Waals surface area contributed by atoms with Crippen LogP contribution in [0, 0.1) is 0 Å². The first kappa shape index (κ1) is 23.5. The zero-order valence-electron chi connectivity index (χ0n) is 17.3. The molecule has 1 fully saturated rings. The number of sulfonamides is 1. The van der Waals surface area contributed by atoms with Crippen LogP contribution in [0.15, 0.2) is 47.4 Å². The van der Waals surface area contributed by atoms with Crippen molar-refractivity contribution in [2.24, 2.45) is 5.73 Å². The molecule has 1 amide bonds. The number of methoxy groups -OCH3 is 1. The van der Waals surface area contributed by atoms with Gasteiger partial charge in [0, 0.05) is 23.4 Å². The lowest BCUT2D eigenvalue weighted by Gasteiger charge is -2.32. The van der Waals surface area contributed by atoms with E-state index < -0.39 is 44.4 Å². The Labute approximate surface area is 191 Å². The Hall–Kier alpha value is -2.67. The molecule has 2 aromatic carbocycles. The summed E-state index contributed by atoms with van der Waals surface area (Å²) < 4.78 is 79.1. The van der Waals surface area contributed by atoms with E-state index in [2.05, 4.69) is 0 Å². The molecular weight excluding hydrogens is 481 g/mol. The Morgan fingerprint density at radius 1 is 1.24 bits per heavy atom. The molecule has 176 valence electrons. The van der Waals surface area contributed by atoms with Gasteiger partial charge in [0.15, 0.2) is 0 Å². The standard InChI is InChI=1S/C21H19F3N2O5S2/c1-30-15-7-6-12(10-14(15)21(22,23)24)33(28,29)26-8-9-31-16(11-26)18-13-4-2-3-5-17(13)32-19(18)20(25)27/h2-7,10,16H,8-9,11H2,1H3,(H2,25,27)/t16-/m0/s1. The predicted octanol–water partition coefficient (Wildman–Crippen LogP) is 3.79. The average molecular weight is 501 g/mol. The number of hydrogen-bond acceptors (Lipinski definition) is 6. The Morgan fingerprint density at radius 3 is 2.64 bits per heavy atom. The number of thiophene rings is 1. The number of halogens is 3. The summed E-state index contributed by atoms with van der Waals surface area (Å²) in [7, 11) is -3.22. The van der Waals surface area contributed by atoms with Crippen LogP contribution in [-0.2, 0) is 20.9 Å². The van der Waals surface area contributed by atoms with Gasteiger partial charge in [0.25, 0.3) is 5.91 Å². The highest BCUT2D eigenvalue weighted by Gasteiger charge is 2.38. The van der Waals surface area contributed by atoms with Gasteiger partial charge in [-0.25, -0.2) is 8.42 Å². The number of rotatable bonds is 5. The fourth-order valence-electron chi connectivity index (χ4n) is 3.80. The van der Waals surface area contributed by atoms with Crippen LogP contribution in [0.1, 0.15) is 26.9 Å². The predicted molar refractivity (Wildman–Crippen MR) is 116 cm³/mol. The van der Waals surface area contributed by atoms with Crippen LogP contribution in [0.3, 0.4) is 0 Å². The summed E-state index contributed by atoms with van der Waals surface area (Å²) in [5.74, 6) is -1.14. The number of primary amides is 1. The van der Waals surface area contributed by atoms with Gasteiger partial charge in [-0.2, -0.15) is 17.5 Å². The maximum Gasteiger partial charge on any atom is 0.420 e. The van der Waals surface area contributed by atoms with Crippen molar-refractivity contribution in [2.75, 3.05) is 26.8 Å². The minimum absolute atomic E-state index is 0.00540. The molecule has 0 spiro atoms. The third-order valence-electron chi connectivity index (χ3n) is 5.32. The van der Waals surface area contributed by atoms with Crippen molar-refractivity contribution in [3.8, 4) is 5.75 Å². The Kier molecular flexibility index (Phi) is 6.12. The lowest BCUT2D eigenvalue weighted by atomic mass is 10.0. The molecule has 33 heavy (non-hydrogen) atoms. The first-order valence-corrected chi connectivity index (χ1v) is 12.0. The van der Waals surface area contributed by atoms with Crippen molar-refractivity contribution in [1.82, 2.24) is 4.31 Å². The second-order valence-electron chi connectivity index (χ2n) is 7.29. The topological polar surface area (TPSA) is 98.9 Å². The van der Waals surface area contributed by atoms with E-state index in [9.17, 15) is 26.4 Å². The van der Waals surface area contributed by atoms with E-state index in [0.29, 0.717) is 17.0 Å². The molecule has 0 unspecified atom stereocenters. The number of amides is 1. The third kappa shape index (κ3) is 4.31. The van der Waals surface area contributed by atoms with Gasteiger partial charge in [-0.05, 0) is 29.7 Å². The average Bonchev–Trinajstić information content (AvgIpc) is 3.18. The summed E-state index contributed by atoms with van der Waals surface area (Å²) in [6, 6.07) is 9.78. The van der Waals surface area contributed by atoms with E-state index in [1.165, 1.54) is 11.3 Å². The van der Waals surface area contributed by atoms with Crippen LogP contribution < -0.4 is 10.5 Å². The summed E-state index contributed by atoms with van der Waals surface area (Å²) in [6.45, 7) is -0.245. The van der Waals surface area contributed by atoms with Gasteiger partial charge in [0.05, 0.1) is 35.2 Å². The molecule has 4 rings (SSSR count). The maximum atomic E-state index is 13.4. The molecular formula is C21H19F3N2O5S2. The van der Waals surface area contributed by atoms with Crippen LogP contribution in [-0.4, -0.2) is 45.4 Å². The summed E-state index contributed by atoms with van der Waals surface area (Å²) in [5.41, 5.74) is 4.84. The molecule has 7 nitrogen and oxygen atoms in total. The summed E-state index contributed by atoms with van der Waals surface area (Å²) in [4.78, 5) is 11.8. The van der Waals surface area contributed by atoms with E-state index in [0.717, 1.165) is 28.2 Å². The minimum atomic E-state index is -4.80. The summed E-state index contributed by atoms with van der Waals surface area (Å²) in [6.07, 6.45) is -5.61. The van der Waals surface area contributed by atoms with Crippen molar-refractivity contribution in [2.45, 2.75) is 17.2 Å². The highest BCUT2D eigenvalue weighted by atomic mass is 32.2. The Bertz CT molecular complexity index is 1320. The maximum absolute atomic E-state index is 13.4. The van der Waals surface area contributed by atoms with Crippen molar-refractivity contribution in [1.29, 1.82) is 0 Å². The van der Waals surface area contributed by atoms with Gasteiger partial charge < -0.3 is 15.2 Å². The lowest BCUT2D eigenvalue weighted by Crippen LogP contribution is -2.42. The minimum Gasteiger partial charge on any atom is -0.496 e. The molecule has 1 atom stereocenters. The normalized spacial score (nSPS) is 17.9. The Morgan fingerprint density at radius 2 is 1.97 bits per heavy atom. The van der Waals surface area contributed by atoms with Crippen molar-refractivity contribution in [3.63, 3.8) is 0 Å². The first-order valence-electron chi connectivity index (χ1n) is 9.72. The van der Waals surface area contributed by atoms with E-state index in [1.807, 2.05) is 6.07 Å². The van der Waals surface area contributed by atoms with Gasteiger partial charge in [-0.1, -0.05) is 18.2 Å². The van der Waals surface area contributed by atoms with Crippen molar-refractivity contribution in [3.05, 3.63) is 58.5 Å². The highest BCUT2D eigenvalue weighted by Crippen LogP contribution is 2.40. The monoisotopic (exact) mass is 500 g/mol. The number of hydrogen-bond donors (Lipinski definition) is 1. The molecule has 1 saturated heterocycles. The molecule has 0 radical (unpaired) electrons. The number of alkyl halides is 3. The molecule has 0 saturated carbocycles. The summed E-state index contributed by atoms with van der Waals surface area (Å²) >= 11 is 1.18. The molecule has 1 aromatic heterocycles. The van der Waals surface area contributed by atoms with Gasteiger partial charge in [-0.3, -0.25) is 4.79 Å². The molecule has 12 heteroatoms. The Balaban J connectivity index is 1.72. The number of fused-ring (bicyclic) bond motifs is 1. The fourth-order valence-corrected chi connectivity index (χ4v) is 6.36. The molecule has 1 aliphatic rings. The van der Waals surface area contributed by atoms with E-state index in [-0.39, 0.29) is 24.6 Å². The number of nitrogens with two attached hydrogens (primary N) is 1. The molecule has 2 N–H and O–H groups in total. The number of carbonyl (C=O) groups is 1. The van der Waals surface area contributed by atoms with Crippen LogP contribution in [0.4, 0.5) is 13.2 Å². The first-order chi connectivity index (χ1) is 15.5. The SMILES string of the molecule is COc1ccc(S(=O)(=O)N2CCO[C@H](c3c(C(N)=O)sc4ccccc34)C2)cc1C(F)(F)F. The molecule has 3 aromatic rings. The van der Waals surface area contributed by atoms with Gasteiger partial charge >= 0.3 is 6.18 Å². The largest absolute Gasteiger partial charge is 0.496 e.